The van der Waals surface area contributed by atoms with Crippen molar-refractivity contribution in [2.45, 2.75) is 18.4 Å². The molecule has 156 valence electrons. The maximum atomic E-state index is 13.9. The van der Waals surface area contributed by atoms with E-state index in [-0.39, 0.29) is 34.9 Å². The molecule has 3 atom stereocenters. The number of amides is 2. The third-order valence-corrected chi connectivity index (χ3v) is 5.71. The predicted molar refractivity (Wildman–Crippen MR) is 110 cm³/mol. The molecule has 0 saturated heterocycles. The first kappa shape index (κ1) is 19.2. The van der Waals surface area contributed by atoms with Gasteiger partial charge >= 0.3 is 0 Å². The second kappa shape index (κ2) is 7.46. The van der Waals surface area contributed by atoms with Crippen molar-refractivity contribution in [3.63, 3.8) is 0 Å². The van der Waals surface area contributed by atoms with Crippen LogP contribution in [0, 0.1) is 11.7 Å². The third kappa shape index (κ3) is 3.50. The average Bonchev–Trinajstić information content (AvgIpc) is 3.59. The highest BCUT2D eigenvalue weighted by molar-refractivity contribution is 6.02. The van der Waals surface area contributed by atoms with Gasteiger partial charge in [0.1, 0.15) is 23.3 Å². The van der Waals surface area contributed by atoms with Gasteiger partial charge in [-0.15, -0.1) is 0 Å². The van der Waals surface area contributed by atoms with Crippen molar-refractivity contribution in [1.29, 1.82) is 0 Å². The van der Waals surface area contributed by atoms with E-state index in [1.807, 2.05) is 12.1 Å². The number of nitrogens with one attached hydrogen (secondary N) is 1. The normalized spacial score (nSPS) is 21.5. The second-order valence-corrected chi connectivity index (χ2v) is 7.68. The lowest BCUT2D eigenvalue weighted by Crippen LogP contribution is -2.48. The maximum absolute atomic E-state index is 13.9. The first-order chi connectivity index (χ1) is 15.0. The Morgan fingerprint density at radius 1 is 1.16 bits per heavy atom. The van der Waals surface area contributed by atoms with Crippen LogP contribution in [-0.4, -0.2) is 34.9 Å². The first-order valence-corrected chi connectivity index (χ1v) is 9.94. The SMILES string of the molecule is CN1C(=O)[C@@H](NC(=O)c2cc(Oc3ccccc3F)ccn2)C2C[C@H]2c2cccnc21. The molecule has 1 N–H and O–H groups in total. The van der Waals surface area contributed by atoms with Crippen LogP contribution in [-0.2, 0) is 4.79 Å². The van der Waals surface area contributed by atoms with Gasteiger partial charge in [-0.3, -0.25) is 19.5 Å². The minimum absolute atomic E-state index is 0.0159. The molecule has 31 heavy (non-hydrogen) atoms. The zero-order chi connectivity index (χ0) is 21.5. The summed E-state index contributed by atoms with van der Waals surface area (Å²) in [4.78, 5) is 35.9. The highest BCUT2D eigenvalue weighted by atomic mass is 19.1. The van der Waals surface area contributed by atoms with Gasteiger partial charge in [0, 0.05) is 25.5 Å². The van der Waals surface area contributed by atoms with Gasteiger partial charge in [-0.2, -0.15) is 0 Å². The molecule has 2 amide bonds. The summed E-state index contributed by atoms with van der Waals surface area (Å²) in [5.41, 5.74) is 1.11. The van der Waals surface area contributed by atoms with Crippen molar-refractivity contribution in [2.75, 3.05) is 11.9 Å². The van der Waals surface area contributed by atoms with Crippen LogP contribution >= 0.6 is 0 Å². The molecule has 1 fully saturated rings. The highest BCUT2D eigenvalue weighted by Gasteiger charge is 2.52. The Balaban J connectivity index is 1.35. The van der Waals surface area contributed by atoms with Gasteiger partial charge in [0.2, 0.25) is 0 Å². The monoisotopic (exact) mass is 418 g/mol. The smallest absolute Gasteiger partial charge is 0.270 e. The largest absolute Gasteiger partial charge is 0.454 e. The Morgan fingerprint density at radius 2 is 2.00 bits per heavy atom. The lowest BCUT2D eigenvalue weighted by atomic mass is 10.1. The molecule has 3 heterocycles. The number of anilines is 1. The summed E-state index contributed by atoms with van der Waals surface area (Å²) in [6.07, 6.45) is 3.88. The van der Waals surface area contributed by atoms with Gasteiger partial charge in [-0.1, -0.05) is 18.2 Å². The molecule has 5 rings (SSSR count). The van der Waals surface area contributed by atoms with Crippen LogP contribution in [0.2, 0.25) is 0 Å². The molecule has 0 spiro atoms. The number of para-hydroxylation sites is 1. The van der Waals surface area contributed by atoms with Crippen LogP contribution in [0.1, 0.15) is 28.4 Å². The summed E-state index contributed by atoms with van der Waals surface area (Å²) in [6.45, 7) is 0. The summed E-state index contributed by atoms with van der Waals surface area (Å²) < 4.78 is 19.4. The molecule has 1 unspecified atom stereocenters. The number of benzene rings is 1. The van der Waals surface area contributed by atoms with E-state index in [0.29, 0.717) is 5.82 Å². The second-order valence-electron chi connectivity index (χ2n) is 7.68. The Bertz CT molecular complexity index is 1180. The predicted octanol–water partition coefficient (Wildman–Crippen LogP) is 3.29. The van der Waals surface area contributed by atoms with Crippen molar-refractivity contribution in [1.82, 2.24) is 15.3 Å². The van der Waals surface area contributed by atoms with Crippen LogP contribution < -0.4 is 15.0 Å². The molecule has 1 aromatic carbocycles. The van der Waals surface area contributed by atoms with Crippen molar-refractivity contribution in [2.24, 2.45) is 5.92 Å². The molecule has 1 aliphatic carbocycles. The number of rotatable bonds is 4. The zero-order valence-corrected chi connectivity index (χ0v) is 16.7. The summed E-state index contributed by atoms with van der Waals surface area (Å²) in [7, 11) is 1.67. The molecule has 3 aromatic rings. The lowest BCUT2D eigenvalue weighted by molar-refractivity contribution is -0.120. The molecule has 0 bridgehead atoms. The minimum atomic E-state index is -0.672. The quantitative estimate of drug-likeness (QED) is 0.703. The number of carbonyl (C=O) groups excluding carboxylic acids is 2. The molecule has 1 aliphatic heterocycles. The number of halogens is 1. The van der Waals surface area contributed by atoms with E-state index >= 15 is 0 Å². The van der Waals surface area contributed by atoms with Gasteiger partial charge in [-0.05, 0) is 48.1 Å². The van der Waals surface area contributed by atoms with E-state index in [9.17, 15) is 14.0 Å². The van der Waals surface area contributed by atoms with Crippen molar-refractivity contribution < 1.29 is 18.7 Å². The van der Waals surface area contributed by atoms with Crippen LogP contribution in [0.3, 0.4) is 0 Å². The lowest BCUT2D eigenvalue weighted by Gasteiger charge is -2.22. The molecule has 2 aromatic heterocycles. The molecule has 8 heteroatoms. The van der Waals surface area contributed by atoms with E-state index in [1.165, 1.54) is 35.4 Å². The van der Waals surface area contributed by atoms with Gasteiger partial charge < -0.3 is 10.1 Å². The number of pyridine rings is 2. The van der Waals surface area contributed by atoms with Crippen LogP contribution in [0.5, 0.6) is 11.5 Å². The molecule has 7 nitrogen and oxygen atoms in total. The van der Waals surface area contributed by atoms with E-state index in [1.54, 1.807) is 25.4 Å². The Morgan fingerprint density at radius 3 is 2.84 bits per heavy atom. The van der Waals surface area contributed by atoms with Gasteiger partial charge in [-0.25, -0.2) is 9.37 Å². The van der Waals surface area contributed by atoms with E-state index in [0.717, 1.165) is 12.0 Å². The molecular weight excluding hydrogens is 399 g/mol. The van der Waals surface area contributed by atoms with Gasteiger partial charge in [0.05, 0.1) is 0 Å². The number of ether oxygens (including phenoxy) is 1. The van der Waals surface area contributed by atoms with Gasteiger partial charge in [0.25, 0.3) is 11.8 Å². The fraction of sp³-hybridized carbons (Fsp3) is 0.217. The molecular formula is C23H19FN4O3. The molecule has 2 aliphatic rings. The number of hydrogen-bond acceptors (Lipinski definition) is 5. The fourth-order valence-corrected chi connectivity index (χ4v) is 4.05. The van der Waals surface area contributed by atoms with E-state index in [4.69, 9.17) is 4.74 Å². The molecule has 1 saturated carbocycles. The number of hydrogen-bond donors (Lipinski definition) is 1. The highest BCUT2D eigenvalue weighted by Crippen LogP contribution is 2.53. The number of likely N-dealkylation sites (N-methyl/N-ethyl adjacent to an activating group) is 1. The average molecular weight is 418 g/mol. The van der Waals surface area contributed by atoms with Crippen molar-refractivity contribution in [3.8, 4) is 11.5 Å². The maximum Gasteiger partial charge on any atom is 0.270 e. The van der Waals surface area contributed by atoms with Crippen molar-refractivity contribution in [3.05, 3.63) is 78.0 Å². The van der Waals surface area contributed by atoms with Crippen LogP contribution in [0.4, 0.5) is 10.2 Å². The third-order valence-electron chi connectivity index (χ3n) is 5.71. The van der Waals surface area contributed by atoms with E-state index < -0.39 is 17.8 Å². The standard InChI is InChI=1S/C23H19FN4O3/c1-28-21-14(5-4-9-26-21)15-12-16(15)20(23(28)30)27-22(29)18-11-13(8-10-25-18)31-19-7-3-2-6-17(19)24/h2-11,15-16,20H,12H2,1H3,(H,27,29)/t15-,16?,20-/m0/s1. The number of carbonyl (C=O) groups is 2. The zero-order valence-electron chi connectivity index (χ0n) is 16.7. The summed E-state index contributed by atoms with van der Waals surface area (Å²) >= 11 is 0. The van der Waals surface area contributed by atoms with Gasteiger partial charge in [0.15, 0.2) is 11.6 Å². The molecule has 0 radical (unpaired) electrons. The van der Waals surface area contributed by atoms with Crippen LogP contribution in [0.25, 0.3) is 0 Å². The first-order valence-electron chi connectivity index (χ1n) is 9.94. The summed E-state index contributed by atoms with van der Waals surface area (Å²) in [5, 5.41) is 2.83. The number of fused-ring (bicyclic) bond motifs is 3. The fourth-order valence-electron chi connectivity index (χ4n) is 4.05. The minimum Gasteiger partial charge on any atom is -0.454 e. The van der Waals surface area contributed by atoms with E-state index in [2.05, 4.69) is 15.3 Å². The number of nitrogens with zero attached hydrogens (tertiary/aromatic N) is 3. The number of aromatic nitrogens is 2. The van der Waals surface area contributed by atoms with Crippen LogP contribution in [0.15, 0.2) is 60.9 Å². The Hall–Kier alpha value is -3.81. The Kier molecular flexibility index (Phi) is 4.62. The van der Waals surface area contributed by atoms with Crippen molar-refractivity contribution >= 4 is 17.6 Å². The Labute approximate surface area is 177 Å². The topological polar surface area (TPSA) is 84.4 Å². The summed E-state index contributed by atoms with van der Waals surface area (Å²) in [5.74, 6) is -0.0520. The summed E-state index contributed by atoms with van der Waals surface area (Å²) in [6, 6.07) is 12.1.